The van der Waals surface area contributed by atoms with E-state index in [1.807, 2.05) is 25.1 Å². The van der Waals surface area contributed by atoms with Gasteiger partial charge in [-0.05, 0) is 19.1 Å². The molecule has 1 aromatic heterocycles. The summed E-state index contributed by atoms with van der Waals surface area (Å²) in [5.41, 5.74) is 1.90. The SMILES string of the molecule is COc1ccc(C)cc1-c1ncc(C(=O)O)s1. The van der Waals surface area contributed by atoms with Gasteiger partial charge in [-0.3, -0.25) is 0 Å². The number of aromatic carboxylic acids is 1. The molecule has 0 saturated heterocycles. The maximum absolute atomic E-state index is 10.8. The van der Waals surface area contributed by atoms with Gasteiger partial charge < -0.3 is 9.84 Å². The van der Waals surface area contributed by atoms with Crippen LogP contribution in [0.1, 0.15) is 15.2 Å². The number of methoxy groups -OCH3 is 1. The molecule has 0 atom stereocenters. The molecular weight excluding hydrogens is 238 g/mol. The highest BCUT2D eigenvalue weighted by molar-refractivity contribution is 7.16. The fourth-order valence-electron chi connectivity index (χ4n) is 1.49. The van der Waals surface area contributed by atoms with Gasteiger partial charge in [-0.2, -0.15) is 0 Å². The summed E-state index contributed by atoms with van der Waals surface area (Å²) in [6, 6.07) is 5.73. The number of carbonyl (C=O) groups is 1. The first-order valence-electron chi connectivity index (χ1n) is 4.96. The maximum Gasteiger partial charge on any atom is 0.347 e. The highest BCUT2D eigenvalue weighted by atomic mass is 32.1. The second-order valence-electron chi connectivity index (χ2n) is 3.54. The Morgan fingerprint density at radius 2 is 2.24 bits per heavy atom. The van der Waals surface area contributed by atoms with E-state index in [2.05, 4.69) is 4.98 Å². The minimum atomic E-state index is -0.958. The second kappa shape index (κ2) is 4.55. The Balaban J connectivity index is 2.51. The van der Waals surface area contributed by atoms with Crippen LogP contribution in [0.5, 0.6) is 5.75 Å². The molecule has 1 heterocycles. The molecule has 2 rings (SSSR count). The molecule has 88 valence electrons. The summed E-state index contributed by atoms with van der Waals surface area (Å²) in [5.74, 6) is -0.262. The number of nitrogens with zero attached hydrogens (tertiary/aromatic N) is 1. The van der Waals surface area contributed by atoms with Gasteiger partial charge >= 0.3 is 5.97 Å². The van der Waals surface area contributed by atoms with Crippen molar-refractivity contribution in [2.45, 2.75) is 6.92 Å². The zero-order chi connectivity index (χ0) is 12.4. The van der Waals surface area contributed by atoms with Gasteiger partial charge in [0, 0.05) is 0 Å². The van der Waals surface area contributed by atoms with Crippen LogP contribution in [0.15, 0.2) is 24.4 Å². The van der Waals surface area contributed by atoms with E-state index in [4.69, 9.17) is 9.84 Å². The monoisotopic (exact) mass is 249 g/mol. The lowest BCUT2D eigenvalue weighted by molar-refractivity contribution is 0.0702. The van der Waals surface area contributed by atoms with Crippen molar-refractivity contribution in [3.8, 4) is 16.3 Å². The van der Waals surface area contributed by atoms with Crippen LogP contribution in [0, 0.1) is 6.92 Å². The minimum absolute atomic E-state index is 0.226. The van der Waals surface area contributed by atoms with Gasteiger partial charge in [0.2, 0.25) is 0 Å². The number of aromatic nitrogens is 1. The zero-order valence-corrected chi connectivity index (χ0v) is 10.2. The summed E-state index contributed by atoms with van der Waals surface area (Å²) in [4.78, 5) is 15.1. The van der Waals surface area contributed by atoms with Crippen molar-refractivity contribution in [3.05, 3.63) is 34.8 Å². The number of rotatable bonds is 3. The van der Waals surface area contributed by atoms with Crippen LogP contribution in [0.25, 0.3) is 10.6 Å². The minimum Gasteiger partial charge on any atom is -0.496 e. The van der Waals surface area contributed by atoms with Crippen LogP contribution < -0.4 is 4.74 Å². The molecule has 0 unspecified atom stereocenters. The quantitative estimate of drug-likeness (QED) is 0.908. The summed E-state index contributed by atoms with van der Waals surface area (Å²) in [5, 5.41) is 9.52. The molecule has 0 spiro atoms. The molecule has 0 aliphatic heterocycles. The Labute approximate surface area is 103 Å². The molecule has 0 aliphatic carbocycles. The van der Waals surface area contributed by atoms with Crippen molar-refractivity contribution >= 4 is 17.3 Å². The molecule has 0 radical (unpaired) electrons. The van der Waals surface area contributed by atoms with Crippen LogP contribution in [-0.2, 0) is 0 Å². The van der Waals surface area contributed by atoms with Gasteiger partial charge in [0.25, 0.3) is 0 Å². The lowest BCUT2D eigenvalue weighted by Crippen LogP contribution is -1.89. The van der Waals surface area contributed by atoms with Gasteiger partial charge in [-0.15, -0.1) is 11.3 Å². The normalized spacial score (nSPS) is 10.2. The van der Waals surface area contributed by atoms with Crippen LogP contribution in [0.4, 0.5) is 0 Å². The van der Waals surface area contributed by atoms with Gasteiger partial charge in [0.05, 0.1) is 18.9 Å². The van der Waals surface area contributed by atoms with E-state index in [-0.39, 0.29) is 4.88 Å². The molecule has 0 fully saturated rings. The molecule has 5 heteroatoms. The number of aryl methyl sites for hydroxylation is 1. The Morgan fingerprint density at radius 1 is 1.47 bits per heavy atom. The Hall–Kier alpha value is -1.88. The van der Waals surface area contributed by atoms with Crippen LogP contribution >= 0.6 is 11.3 Å². The maximum atomic E-state index is 10.8. The van der Waals surface area contributed by atoms with Crippen LogP contribution in [-0.4, -0.2) is 23.2 Å². The smallest absolute Gasteiger partial charge is 0.347 e. The molecule has 1 aromatic carbocycles. The van der Waals surface area contributed by atoms with E-state index < -0.39 is 5.97 Å². The predicted molar refractivity (Wildman–Crippen MR) is 65.8 cm³/mol. The molecule has 0 saturated carbocycles. The summed E-state index contributed by atoms with van der Waals surface area (Å²) in [6.45, 7) is 1.97. The van der Waals surface area contributed by atoms with E-state index >= 15 is 0 Å². The molecular formula is C12H11NO3S. The van der Waals surface area contributed by atoms with Crippen molar-refractivity contribution in [1.82, 2.24) is 4.98 Å². The summed E-state index contributed by atoms with van der Waals surface area (Å²) in [7, 11) is 1.58. The molecule has 0 amide bonds. The standard InChI is InChI=1S/C12H11NO3S/c1-7-3-4-9(16-2)8(5-7)11-13-6-10(17-11)12(14)15/h3-6H,1-2H3,(H,14,15). The average molecular weight is 249 g/mol. The van der Waals surface area contributed by atoms with Gasteiger partial charge in [0.15, 0.2) is 0 Å². The van der Waals surface area contributed by atoms with Gasteiger partial charge in [0.1, 0.15) is 15.6 Å². The molecule has 1 N–H and O–H groups in total. The second-order valence-corrected chi connectivity index (χ2v) is 4.57. The van der Waals surface area contributed by atoms with E-state index in [0.29, 0.717) is 10.8 Å². The molecule has 0 aliphatic rings. The molecule has 0 bridgehead atoms. The van der Waals surface area contributed by atoms with E-state index in [1.165, 1.54) is 6.20 Å². The molecule has 4 nitrogen and oxygen atoms in total. The van der Waals surface area contributed by atoms with Crippen molar-refractivity contribution in [2.24, 2.45) is 0 Å². The van der Waals surface area contributed by atoms with Crippen molar-refractivity contribution < 1.29 is 14.6 Å². The van der Waals surface area contributed by atoms with Crippen LogP contribution in [0.2, 0.25) is 0 Å². The highest BCUT2D eigenvalue weighted by Gasteiger charge is 2.13. The van der Waals surface area contributed by atoms with Gasteiger partial charge in [-0.1, -0.05) is 11.6 Å². The summed E-state index contributed by atoms with van der Waals surface area (Å²) >= 11 is 1.14. The molecule has 2 aromatic rings. The Morgan fingerprint density at radius 3 is 2.82 bits per heavy atom. The van der Waals surface area contributed by atoms with E-state index in [1.54, 1.807) is 7.11 Å². The van der Waals surface area contributed by atoms with Crippen LogP contribution in [0.3, 0.4) is 0 Å². The lowest BCUT2D eigenvalue weighted by atomic mass is 10.1. The number of benzene rings is 1. The third-order valence-electron chi connectivity index (χ3n) is 2.30. The largest absolute Gasteiger partial charge is 0.496 e. The first-order chi connectivity index (χ1) is 8.11. The molecule has 17 heavy (non-hydrogen) atoms. The summed E-state index contributed by atoms with van der Waals surface area (Å²) < 4.78 is 5.24. The first-order valence-corrected chi connectivity index (χ1v) is 5.77. The van der Waals surface area contributed by atoms with Crippen molar-refractivity contribution in [1.29, 1.82) is 0 Å². The van der Waals surface area contributed by atoms with Gasteiger partial charge in [-0.25, -0.2) is 9.78 Å². The van der Waals surface area contributed by atoms with E-state index in [0.717, 1.165) is 22.5 Å². The van der Waals surface area contributed by atoms with Crippen molar-refractivity contribution in [3.63, 3.8) is 0 Å². The third kappa shape index (κ3) is 2.29. The number of carboxylic acids is 1. The number of carboxylic acid groups (broad SMARTS) is 1. The third-order valence-corrected chi connectivity index (χ3v) is 3.32. The highest BCUT2D eigenvalue weighted by Crippen LogP contribution is 2.33. The number of ether oxygens (including phenoxy) is 1. The number of hydrogen-bond donors (Lipinski definition) is 1. The summed E-state index contributed by atoms with van der Waals surface area (Å²) in [6.07, 6.45) is 1.37. The van der Waals surface area contributed by atoms with E-state index in [9.17, 15) is 4.79 Å². The predicted octanol–water partition coefficient (Wildman–Crippen LogP) is 2.83. The fraction of sp³-hybridized carbons (Fsp3) is 0.167. The zero-order valence-electron chi connectivity index (χ0n) is 9.43. The topological polar surface area (TPSA) is 59.4 Å². The average Bonchev–Trinajstić information content (AvgIpc) is 2.78. The Kier molecular flexibility index (Phi) is 3.10. The Bertz CT molecular complexity index is 563. The first kappa shape index (κ1) is 11.6. The van der Waals surface area contributed by atoms with Crippen molar-refractivity contribution in [2.75, 3.05) is 7.11 Å². The number of hydrogen-bond acceptors (Lipinski definition) is 4. The lowest BCUT2D eigenvalue weighted by Gasteiger charge is -2.06. The fourth-order valence-corrected chi connectivity index (χ4v) is 2.26. The number of thiazole rings is 1.